The van der Waals surface area contributed by atoms with Crippen LogP contribution in [0.25, 0.3) is 6.08 Å². The number of carbonyl (C=O) groups excluding carboxylic acids is 2. The number of β-amino-alcohol motifs (C(OH)–C–C–N with tert-alkyl or cyclic N) is 1. The Labute approximate surface area is 161 Å². The number of hydrogen-bond acceptors (Lipinski definition) is 6. The summed E-state index contributed by atoms with van der Waals surface area (Å²) in [6.45, 7) is 6.20. The van der Waals surface area contributed by atoms with Gasteiger partial charge in [0.25, 0.3) is 5.91 Å². The number of rotatable bonds is 6. The number of carbonyl (C=O) groups is 2. The summed E-state index contributed by atoms with van der Waals surface area (Å²) in [5, 5.41) is 11.1. The molecule has 2 rings (SSSR count). The highest BCUT2D eigenvalue weighted by Gasteiger charge is 2.33. The van der Waals surface area contributed by atoms with E-state index in [0.717, 1.165) is 4.88 Å². The molecule has 0 atom stereocenters. The van der Waals surface area contributed by atoms with Gasteiger partial charge in [0.15, 0.2) is 0 Å². The van der Waals surface area contributed by atoms with E-state index in [1.807, 2.05) is 44.4 Å². The van der Waals surface area contributed by atoms with Crippen LogP contribution >= 0.6 is 35.3 Å². The fourth-order valence-electron chi connectivity index (χ4n) is 2.47. The van der Waals surface area contributed by atoms with Gasteiger partial charge in [0.05, 0.1) is 11.5 Å². The van der Waals surface area contributed by atoms with E-state index in [9.17, 15) is 14.7 Å². The van der Waals surface area contributed by atoms with E-state index in [0.29, 0.717) is 9.23 Å². The van der Waals surface area contributed by atoms with Gasteiger partial charge in [0.1, 0.15) is 4.32 Å². The van der Waals surface area contributed by atoms with Crippen LogP contribution in [0.4, 0.5) is 0 Å². The highest BCUT2D eigenvalue weighted by Crippen LogP contribution is 2.33. The van der Waals surface area contributed by atoms with Crippen LogP contribution < -0.4 is 0 Å². The Morgan fingerprint density at radius 2 is 2.16 bits per heavy atom. The van der Waals surface area contributed by atoms with E-state index in [4.69, 9.17) is 12.2 Å². The minimum Gasteiger partial charge on any atom is -0.395 e. The van der Waals surface area contributed by atoms with Gasteiger partial charge in [-0.15, -0.1) is 11.3 Å². The van der Waals surface area contributed by atoms with Crippen molar-refractivity contribution >= 4 is 57.5 Å². The highest BCUT2D eigenvalue weighted by molar-refractivity contribution is 8.26. The lowest BCUT2D eigenvalue weighted by Crippen LogP contribution is -2.48. The van der Waals surface area contributed by atoms with Crippen LogP contribution in [-0.4, -0.2) is 56.3 Å². The first kappa shape index (κ1) is 20.1. The first-order chi connectivity index (χ1) is 11.7. The maximum atomic E-state index is 12.5. The average molecular weight is 399 g/mol. The molecule has 5 nitrogen and oxygen atoms in total. The number of thioether (sulfide) groups is 1. The monoisotopic (exact) mass is 398 g/mol. The molecule has 0 aromatic carbocycles. The van der Waals surface area contributed by atoms with Gasteiger partial charge in [-0.1, -0.05) is 30.0 Å². The number of hydrogen-bond donors (Lipinski definition) is 1. The molecule has 1 N–H and O–H groups in total. The molecular formula is C17H22N2O3S3. The van der Waals surface area contributed by atoms with Crippen LogP contribution in [-0.2, 0) is 9.59 Å². The maximum Gasteiger partial charge on any atom is 0.266 e. The van der Waals surface area contributed by atoms with Gasteiger partial charge in [-0.3, -0.25) is 14.5 Å². The van der Waals surface area contributed by atoms with Gasteiger partial charge in [-0.2, -0.15) is 0 Å². The van der Waals surface area contributed by atoms with Gasteiger partial charge < -0.3 is 10.0 Å². The average Bonchev–Trinajstić information content (AvgIpc) is 3.11. The normalized spacial score (nSPS) is 16.8. The molecule has 0 radical (unpaired) electrons. The van der Waals surface area contributed by atoms with E-state index in [-0.39, 0.29) is 43.5 Å². The molecule has 1 aromatic rings. The Kier molecular flexibility index (Phi) is 6.79. The second kappa shape index (κ2) is 8.44. The van der Waals surface area contributed by atoms with E-state index in [1.54, 1.807) is 16.2 Å². The summed E-state index contributed by atoms with van der Waals surface area (Å²) in [6, 6.07) is 3.87. The number of thiocarbonyl (C=S) groups is 1. The largest absolute Gasteiger partial charge is 0.395 e. The van der Waals surface area contributed by atoms with Gasteiger partial charge in [-0.25, -0.2) is 0 Å². The zero-order chi connectivity index (χ0) is 18.6. The lowest BCUT2D eigenvalue weighted by atomic mass is 10.1. The minimum atomic E-state index is -0.381. The molecule has 1 fully saturated rings. The smallest absolute Gasteiger partial charge is 0.266 e. The van der Waals surface area contributed by atoms with Crippen molar-refractivity contribution in [1.29, 1.82) is 0 Å². The Balaban J connectivity index is 2.01. The topological polar surface area (TPSA) is 60.9 Å². The molecule has 136 valence electrons. The summed E-state index contributed by atoms with van der Waals surface area (Å²) in [7, 11) is 0. The zero-order valence-electron chi connectivity index (χ0n) is 14.5. The van der Waals surface area contributed by atoms with Gasteiger partial charge >= 0.3 is 0 Å². The molecule has 2 heterocycles. The number of aliphatic hydroxyl groups excluding tert-OH is 1. The van der Waals surface area contributed by atoms with Crippen molar-refractivity contribution in [2.45, 2.75) is 32.7 Å². The van der Waals surface area contributed by atoms with Crippen molar-refractivity contribution in [2.75, 3.05) is 19.7 Å². The van der Waals surface area contributed by atoms with Crippen molar-refractivity contribution in [2.24, 2.45) is 0 Å². The van der Waals surface area contributed by atoms with Crippen molar-refractivity contribution in [3.63, 3.8) is 0 Å². The fraction of sp³-hybridized carbons (Fsp3) is 0.471. The minimum absolute atomic E-state index is 0.0897. The van der Waals surface area contributed by atoms with Gasteiger partial charge in [0.2, 0.25) is 5.91 Å². The second-order valence-corrected chi connectivity index (χ2v) is 9.19. The van der Waals surface area contributed by atoms with Crippen LogP contribution in [0, 0.1) is 0 Å². The second-order valence-electron chi connectivity index (χ2n) is 6.54. The summed E-state index contributed by atoms with van der Waals surface area (Å²) < 4.78 is 0.477. The first-order valence-electron chi connectivity index (χ1n) is 7.94. The standard InChI is InChI=1S/C17H22N2O3S3/c1-17(2,3)19(8-9-20)14(21)6-7-18-15(22)13(25-16(18)23)11-12-5-4-10-24-12/h4-5,10-11,20H,6-9H2,1-3H3. The molecule has 1 aliphatic rings. The molecule has 0 bridgehead atoms. The Bertz CT molecular complexity index is 678. The Hall–Kier alpha value is -1.22. The van der Waals surface area contributed by atoms with E-state index in [2.05, 4.69) is 0 Å². The third-order valence-electron chi connectivity index (χ3n) is 3.67. The zero-order valence-corrected chi connectivity index (χ0v) is 17.0. The SMILES string of the molecule is CC(C)(C)N(CCO)C(=O)CCN1C(=O)C(=Cc2cccs2)SC1=S. The summed E-state index contributed by atoms with van der Waals surface area (Å²) in [5.41, 5.74) is -0.381. The van der Waals surface area contributed by atoms with Crippen molar-refractivity contribution in [3.8, 4) is 0 Å². The molecule has 1 aliphatic heterocycles. The van der Waals surface area contributed by atoms with E-state index < -0.39 is 0 Å². The quantitative estimate of drug-likeness (QED) is 0.590. The van der Waals surface area contributed by atoms with Crippen molar-refractivity contribution < 1.29 is 14.7 Å². The fourth-order valence-corrected chi connectivity index (χ4v) is 4.50. The van der Waals surface area contributed by atoms with Crippen LogP contribution in [0.3, 0.4) is 0 Å². The van der Waals surface area contributed by atoms with Crippen LogP contribution in [0.2, 0.25) is 0 Å². The third kappa shape index (κ3) is 5.13. The van der Waals surface area contributed by atoms with E-state index in [1.165, 1.54) is 16.7 Å². The number of amides is 2. The molecule has 25 heavy (non-hydrogen) atoms. The lowest BCUT2D eigenvalue weighted by molar-refractivity contribution is -0.137. The summed E-state index contributed by atoms with van der Waals surface area (Å²) in [4.78, 5) is 29.7. The summed E-state index contributed by atoms with van der Waals surface area (Å²) in [6.07, 6.45) is 2.01. The van der Waals surface area contributed by atoms with Crippen LogP contribution in [0.1, 0.15) is 32.1 Å². The maximum absolute atomic E-state index is 12.5. The number of thiophene rings is 1. The third-order valence-corrected chi connectivity index (χ3v) is 5.87. The van der Waals surface area contributed by atoms with Crippen molar-refractivity contribution in [3.05, 3.63) is 27.3 Å². The molecule has 1 saturated heterocycles. The summed E-state index contributed by atoms with van der Waals surface area (Å²) >= 11 is 8.12. The Morgan fingerprint density at radius 1 is 1.44 bits per heavy atom. The molecular weight excluding hydrogens is 376 g/mol. The van der Waals surface area contributed by atoms with Crippen LogP contribution in [0.15, 0.2) is 22.4 Å². The highest BCUT2D eigenvalue weighted by atomic mass is 32.2. The first-order valence-corrected chi connectivity index (χ1v) is 10.0. The predicted octanol–water partition coefficient (Wildman–Crippen LogP) is 2.96. The van der Waals surface area contributed by atoms with Gasteiger partial charge in [0, 0.05) is 29.9 Å². The molecule has 1 aromatic heterocycles. The molecule has 2 amide bonds. The molecule has 8 heteroatoms. The molecule has 0 spiro atoms. The summed E-state index contributed by atoms with van der Waals surface area (Å²) in [5.74, 6) is -0.251. The molecule has 0 unspecified atom stereocenters. The predicted molar refractivity (Wildman–Crippen MR) is 107 cm³/mol. The number of aliphatic hydroxyl groups is 1. The number of nitrogens with zero attached hydrogens (tertiary/aromatic N) is 2. The molecule has 0 aliphatic carbocycles. The van der Waals surface area contributed by atoms with E-state index >= 15 is 0 Å². The van der Waals surface area contributed by atoms with Crippen molar-refractivity contribution in [1.82, 2.24) is 9.80 Å². The Morgan fingerprint density at radius 3 is 2.72 bits per heavy atom. The lowest BCUT2D eigenvalue weighted by Gasteiger charge is -2.35. The van der Waals surface area contributed by atoms with Crippen LogP contribution in [0.5, 0.6) is 0 Å². The van der Waals surface area contributed by atoms with Gasteiger partial charge in [-0.05, 0) is 38.3 Å². The molecule has 0 saturated carbocycles.